The fourth-order valence-corrected chi connectivity index (χ4v) is 1.57. The van der Waals surface area contributed by atoms with Crippen LogP contribution in [0.5, 0.6) is 5.75 Å². The van der Waals surface area contributed by atoms with Crippen LogP contribution in [0.3, 0.4) is 0 Å². The Bertz CT molecular complexity index is 564. The lowest BCUT2D eigenvalue weighted by molar-refractivity contribution is -0.119. The summed E-state index contributed by atoms with van der Waals surface area (Å²) in [7, 11) is 1.66. The van der Waals surface area contributed by atoms with E-state index in [0.717, 1.165) is 0 Å². The standard InChI is InChI=1S/C12H15N5O2/c1-16(10-2-4-11(18)5-3-10)12(19)8-17-7-9(6-13)14-15-17/h2-5,7,18H,6,8,13H2,1H3. The maximum atomic E-state index is 12.0. The number of phenolic OH excluding ortho intramolecular Hbond substituents is 1. The lowest BCUT2D eigenvalue weighted by Crippen LogP contribution is -2.30. The van der Waals surface area contributed by atoms with Crippen molar-refractivity contribution in [2.24, 2.45) is 5.73 Å². The predicted molar refractivity (Wildman–Crippen MR) is 69.4 cm³/mol. The number of nitrogens with two attached hydrogens (primary N) is 1. The van der Waals surface area contributed by atoms with Gasteiger partial charge in [-0.1, -0.05) is 5.21 Å². The van der Waals surface area contributed by atoms with Crippen molar-refractivity contribution in [2.45, 2.75) is 13.1 Å². The summed E-state index contributed by atoms with van der Waals surface area (Å²) in [5.41, 5.74) is 6.76. The number of hydrogen-bond acceptors (Lipinski definition) is 5. The summed E-state index contributed by atoms with van der Waals surface area (Å²) >= 11 is 0. The molecule has 2 aromatic rings. The Morgan fingerprint density at radius 3 is 2.68 bits per heavy atom. The number of anilines is 1. The molecule has 0 bridgehead atoms. The molecule has 0 spiro atoms. The topological polar surface area (TPSA) is 97.3 Å². The van der Waals surface area contributed by atoms with Gasteiger partial charge in [-0.2, -0.15) is 0 Å². The molecule has 0 saturated heterocycles. The van der Waals surface area contributed by atoms with Gasteiger partial charge in [0.05, 0.1) is 11.9 Å². The van der Waals surface area contributed by atoms with Crippen LogP contribution in [0, 0.1) is 0 Å². The molecule has 1 amide bonds. The molecule has 0 fully saturated rings. The second-order valence-corrected chi connectivity index (χ2v) is 4.08. The highest BCUT2D eigenvalue weighted by atomic mass is 16.3. The van der Waals surface area contributed by atoms with Crippen LogP contribution in [0.15, 0.2) is 30.5 Å². The third-order valence-corrected chi connectivity index (χ3v) is 2.70. The number of carbonyl (C=O) groups excluding carboxylic acids is 1. The second kappa shape index (κ2) is 5.49. The van der Waals surface area contributed by atoms with Gasteiger partial charge in [0, 0.05) is 19.3 Å². The third-order valence-electron chi connectivity index (χ3n) is 2.70. The maximum Gasteiger partial charge on any atom is 0.248 e. The summed E-state index contributed by atoms with van der Waals surface area (Å²) in [6.07, 6.45) is 1.64. The van der Waals surface area contributed by atoms with E-state index < -0.39 is 0 Å². The van der Waals surface area contributed by atoms with Crippen LogP contribution >= 0.6 is 0 Å². The second-order valence-electron chi connectivity index (χ2n) is 4.08. The number of aromatic nitrogens is 3. The summed E-state index contributed by atoms with van der Waals surface area (Å²) in [5, 5.41) is 16.8. The molecule has 7 nitrogen and oxygen atoms in total. The van der Waals surface area contributed by atoms with Crippen LogP contribution in [-0.2, 0) is 17.9 Å². The van der Waals surface area contributed by atoms with E-state index in [2.05, 4.69) is 10.3 Å². The number of nitrogens with zero attached hydrogens (tertiary/aromatic N) is 4. The van der Waals surface area contributed by atoms with Crippen molar-refractivity contribution in [1.82, 2.24) is 15.0 Å². The minimum Gasteiger partial charge on any atom is -0.508 e. The molecule has 0 aliphatic rings. The molecule has 1 aromatic carbocycles. The van der Waals surface area contributed by atoms with Crippen molar-refractivity contribution in [1.29, 1.82) is 0 Å². The first-order valence-corrected chi connectivity index (χ1v) is 5.75. The fourth-order valence-electron chi connectivity index (χ4n) is 1.57. The van der Waals surface area contributed by atoms with Crippen LogP contribution < -0.4 is 10.6 Å². The predicted octanol–water partition coefficient (Wildman–Crippen LogP) is 0.105. The van der Waals surface area contributed by atoms with E-state index in [9.17, 15) is 9.90 Å². The molecule has 1 heterocycles. The molecule has 0 radical (unpaired) electrons. The van der Waals surface area contributed by atoms with Crippen LogP contribution in [0.25, 0.3) is 0 Å². The van der Waals surface area contributed by atoms with Gasteiger partial charge in [-0.3, -0.25) is 4.79 Å². The Hall–Kier alpha value is -2.41. The lowest BCUT2D eigenvalue weighted by Gasteiger charge is -2.17. The van der Waals surface area contributed by atoms with Gasteiger partial charge in [0.25, 0.3) is 0 Å². The van der Waals surface area contributed by atoms with E-state index in [4.69, 9.17) is 5.73 Å². The molecule has 1 aromatic heterocycles. The summed E-state index contributed by atoms with van der Waals surface area (Å²) in [6.45, 7) is 0.381. The average Bonchev–Trinajstić information content (AvgIpc) is 2.86. The monoisotopic (exact) mass is 261 g/mol. The number of amides is 1. The van der Waals surface area contributed by atoms with E-state index in [-0.39, 0.29) is 18.2 Å². The maximum absolute atomic E-state index is 12.0. The Balaban J connectivity index is 2.04. The van der Waals surface area contributed by atoms with Crippen LogP contribution in [0.1, 0.15) is 5.69 Å². The molecule has 2 rings (SSSR count). The molecule has 0 aliphatic carbocycles. The van der Waals surface area contributed by atoms with Crippen LogP contribution in [0.4, 0.5) is 5.69 Å². The number of aromatic hydroxyl groups is 1. The highest BCUT2D eigenvalue weighted by Crippen LogP contribution is 2.17. The third kappa shape index (κ3) is 3.08. The van der Waals surface area contributed by atoms with Gasteiger partial charge in [0.15, 0.2) is 0 Å². The van der Waals surface area contributed by atoms with Crippen molar-refractivity contribution in [3.63, 3.8) is 0 Å². The normalized spacial score (nSPS) is 10.4. The van der Waals surface area contributed by atoms with Gasteiger partial charge in [0.1, 0.15) is 12.3 Å². The van der Waals surface area contributed by atoms with E-state index in [0.29, 0.717) is 17.9 Å². The van der Waals surface area contributed by atoms with Gasteiger partial charge >= 0.3 is 0 Å². The van der Waals surface area contributed by atoms with Crippen molar-refractivity contribution < 1.29 is 9.90 Å². The Morgan fingerprint density at radius 1 is 1.42 bits per heavy atom. The quantitative estimate of drug-likeness (QED) is 0.813. The number of likely N-dealkylation sites (N-methyl/N-ethyl adjacent to an activating group) is 1. The fraction of sp³-hybridized carbons (Fsp3) is 0.250. The molecule has 0 saturated carbocycles. The number of carbonyl (C=O) groups is 1. The smallest absolute Gasteiger partial charge is 0.248 e. The lowest BCUT2D eigenvalue weighted by atomic mass is 10.3. The van der Waals surface area contributed by atoms with Crippen molar-refractivity contribution in [3.8, 4) is 5.75 Å². The number of phenols is 1. The first-order valence-electron chi connectivity index (χ1n) is 5.75. The summed E-state index contributed by atoms with van der Waals surface area (Å²) in [6, 6.07) is 6.39. The molecule has 7 heteroatoms. The van der Waals surface area contributed by atoms with Gasteiger partial charge in [0.2, 0.25) is 5.91 Å². The van der Waals surface area contributed by atoms with E-state index in [1.54, 1.807) is 25.4 Å². The van der Waals surface area contributed by atoms with Gasteiger partial charge in [-0.15, -0.1) is 5.10 Å². The summed E-state index contributed by atoms with van der Waals surface area (Å²) in [5.74, 6) is 0.0209. The molecule has 100 valence electrons. The average molecular weight is 261 g/mol. The van der Waals surface area contributed by atoms with Crippen LogP contribution in [-0.4, -0.2) is 33.1 Å². The van der Waals surface area contributed by atoms with Crippen molar-refractivity contribution >= 4 is 11.6 Å². The van der Waals surface area contributed by atoms with Crippen molar-refractivity contribution in [2.75, 3.05) is 11.9 Å². The first kappa shape index (κ1) is 13.0. The minimum absolute atomic E-state index is 0.0877. The molecular weight excluding hydrogens is 246 g/mol. The first-order chi connectivity index (χ1) is 9.10. The minimum atomic E-state index is -0.140. The Labute approximate surface area is 110 Å². The molecule has 3 N–H and O–H groups in total. The zero-order valence-electron chi connectivity index (χ0n) is 10.5. The number of hydrogen-bond donors (Lipinski definition) is 2. The molecule has 0 atom stereocenters. The molecule has 0 unspecified atom stereocenters. The molecule has 19 heavy (non-hydrogen) atoms. The zero-order valence-corrected chi connectivity index (χ0v) is 10.5. The zero-order chi connectivity index (χ0) is 13.8. The van der Waals surface area contributed by atoms with Gasteiger partial charge < -0.3 is 15.7 Å². The molecular formula is C12H15N5O2. The van der Waals surface area contributed by atoms with E-state index in [1.807, 2.05) is 0 Å². The van der Waals surface area contributed by atoms with E-state index in [1.165, 1.54) is 21.7 Å². The Morgan fingerprint density at radius 2 is 2.11 bits per heavy atom. The summed E-state index contributed by atoms with van der Waals surface area (Å²) in [4.78, 5) is 13.5. The van der Waals surface area contributed by atoms with Gasteiger partial charge in [-0.25, -0.2) is 4.68 Å². The highest BCUT2D eigenvalue weighted by Gasteiger charge is 2.12. The summed E-state index contributed by atoms with van der Waals surface area (Å²) < 4.78 is 1.45. The van der Waals surface area contributed by atoms with Gasteiger partial charge in [-0.05, 0) is 24.3 Å². The highest BCUT2D eigenvalue weighted by molar-refractivity contribution is 5.92. The van der Waals surface area contributed by atoms with Crippen molar-refractivity contribution in [3.05, 3.63) is 36.2 Å². The molecule has 0 aliphatic heterocycles. The van der Waals surface area contributed by atoms with Crippen LogP contribution in [0.2, 0.25) is 0 Å². The number of benzene rings is 1. The Kier molecular flexibility index (Phi) is 3.76. The van der Waals surface area contributed by atoms with E-state index >= 15 is 0 Å². The number of rotatable bonds is 4. The SMILES string of the molecule is CN(C(=O)Cn1cc(CN)nn1)c1ccc(O)cc1. The largest absolute Gasteiger partial charge is 0.508 e.